The number of aliphatic imine (C=N–C) groups is 1. The first-order valence-corrected chi connectivity index (χ1v) is 11.7. The van der Waals surface area contributed by atoms with Gasteiger partial charge in [-0.2, -0.15) is 5.10 Å². The summed E-state index contributed by atoms with van der Waals surface area (Å²) < 4.78 is 13.2. The van der Waals surface area contributed by atoms with E-state index >= 15 is 0 Å². The normalized spacial score (nSPS) is 15.7. The lowest BCUT2D eigenvalue weighted by atomic mass is 10.0. The molecule has 0 fully saturated rings. The minimum absolute atomic E-state index is 0.121. The van der Waals surface area contributed by atoms with Crippen LogP contribution in [-0.4, -0.2) is 51.1 Å². The van der Waals surface area contributed by atoms with E-state index in [-0.39, 0.29) is 11.7 Å². The SMILES string of the molecule is COc1nc2c3c([nH]c2cc1-c1c(C)noc1C)NC(C)N=C3N(C)c1cc(C)nn1C(C)(C)C. The summed E-state index contributed by atoms with van der Waals surface area (Å²) in [6.07, 6.45) is -0.121. The number of nitrogens with zero attached hydrogens (tertiary/aromatic N) is 6. The van der Waals surface area contributed by atoms with Crippen LogP contribution in [0.4, 0.5) is 11.6 Å². The number of anilines is 2. The van der Waals surface area contributed by atoms with Crippen molar-refractivity contribution in [1.82, 2.24) is 24.9 Å². The first kappa shape index (κ1) is 22.9. The van der Waals surface area contributed by atoms with Crippen molar-refractivity contribution < 1.29 is 9.26 Å². The van der Waals surface area contributed by atoms with E-state index in [1.807, 2.05) is 45.5 Å². The third kappa shape index (κ3) is 3.64. The molecule has 10 heteroatoms. The summed E-state index contributed by atoms with van der Waals surface area (Å²) in [6, 6.07) is 4.12. The topological polar surface area (TPSA) is 109 Å². The molecule has 0 saturated heterocycles. The maximum Gasteiger partial charge on any atom is 0.221 e. The summed E-state index contributed by atoms with van der Waals surface area (Å²) in [6.45, 7) is 14.3. The lowest BCUT2D eigenvalue weighted by Crippen LogP contribution is -2.37. The number of hydrogen-bond acceptors (Lipinski definition) is 8. The first-order chi connectivity index (χ1) is 16.5. The second kappa shape index (κ2) is 7.86. The number of aromatic nitrogens is 5. The van der Waals surface area contributed by atoms with Crippen molar-refractivity contribution >= 4 is 28.5 Å². The highest BCUT2D eigenvalue weighted by atomic mass is 16.5. The second-order valence-corrected chi connectivity index (χ2v) is 10.1. The van der Waals surface area contributed by atoms with Gasteiger partial charge >= 0.3 is 0 Å². The zero-order chi connectivity index (χ0) is 25.2. The van der Waals surface area contributed by atoms with Crippen molar-refractivity contribution in [1.29, 1.82) is 0 Å². The van der Waals surface area contributed by atoms with Crippen LogP contribution in [0, 0.1) is 20.8 Å². The fourth-order valence-electron chi connectivity index (χ4n) is 4.70. The molecular formula is C25H32N8O2. The Morgan fingerprint density at radius 3 is 2.51 bits per heavy atom. The fourth-order valence-corrected chi connectivity index (χ4v) is 4.70. The van der Waals surface area contributed by atoms with Gasteiger partial charge in [0, 0.05) is 13.1 Å². The van der Waals surface area contributed by atoms with Gasteiger partial charge in [-0.05, 0) is 54.5 Å². The van der Waals surface area contributed by atoms with E-state index in [0.717, 1.165) is 62.3 Å². The van der Waals surface area contributed by atoms with E-state index in [4.69, 9.17) is 24.3 Å². The molecule has 4 aromatic rings. The summed E-state index contributed by atoms with van der Waals surface area (Å²) in [7, 11) is 3.65. The number of aromatic amines is 1. The molecule has 1 unspecified atom stereocenters. The molecule has 0 bridgehead atoms. The average molecular weight is 477 g/mol. The number of amidine groups is 1. The largest absolute Gasteiger partial charge is 0.481 e. The number of fused-ring (bicyclic) bond motifs is 3. The van der Waals surface area contributed by atoms with E-state index < -0.39 is 0 Å². The van der Waals surface area contributed by atoms with Gasteiger partial charge in [0.2, 0.25) is 5.88 Å². The Hall–Kier alpha value is -3.82. The second-order valence-electron chi connectivity index (χ2n) is 10.1. The molecule has 10 nitrogen and oxygen atoms in total. The van der Waals surface area contributed by atoms with Crippen LogP contribution in [0.25, 0.3) is 22.2 Å². The van der Waals surface area contributed by atoms with Crippen LogP contribution < -0.4 is 15.0 Å². The number of methoxy groups -OCH3 is 1. The molecule has 0 saturated carbocycles. The summed E-state index contributed by atoms with van der Waals surface area (Å²) in [5, 5.41) is 12.3. The third-order valence-electron chi connectivity index (χ3n) is 6.23. The van der Waals surface area contributed by atoms with Crippen molar-refractivity contribution in [2.24, 2.45) is 4.99 Å². The smallest absolute Gasteiger partial charge is 0.221 e. The molecule has 0 amide bonds. The van der Waals surface area contributed by atoms with Crippen molar-refractivity contribution in [3.05, 3.63) is 34.8 Å². The van der Waals surface area contributed by atoms with Gasteiger partial charge in [0.1, 0.15) is 34.9 Å². The number of rotatable bonds is 3. The lowest BCUT2D eigenvalue weighted by Gasteiger charge is -2.30. The van der Waals surface area contributed by atoms with Crippen LogP contribution >= 0.6 is 0 Å². The molecular weight excluding hydrogens is 444 g/mol. The van der Waals surface area contributed by atoms with Crippen molar-refractivity contribution in [3.63, 3.8) is 0 Å². The zero-order valence-electron chi connectivity index (χ0n) is 21.7. The molecule has 1 aliphatic rings. The summed E-state index contributed by atoms with van der Waals surface area (Å²) >= 11 is 0. The Bertz CT molecular complexity index is 1450. The van der Waals surface area contributed by atoms with Gasteiger partial charge in [0.15, 0.2) is 0 Å². The Kier molecular flexibility index (Phi) is 5.15. The van der Waals surface area contributed by atoms with E-state index in [1.165, 1.54) is 0 Å². The van der Waals surface area contributed by atoms with Crippen LogP contribution in [0.1, 0.15) is 50.4 Å². The molecule has 0 radical (unpaired) electrons. The van der Waals surface area contributed by atoms with Crippen LogP contribution in [0.5, 0.6) is 5.88 Å². The highest BCUT2D eigenvalue weighted by Crippen LogP contribution is 2.39. The quantitative estimate of drug-likeness (QED) is 0.439. The molecule has 184 valence electrons. The molecule has 0 aliphatic carbocycles. The Balaban J connectivity index is 1.70. The summed E-state index contributed by atoms with van der Waals surface area (Å²) in [5.74, 6) is 3.86. The summed E-state index contributed by atoms with van der Waals surface area (Å²) in [4.78, 5) is 15.5. The minimum Gasteiger partial charge on any atom is -0.481 e. The number of nitrogens with one attached hydrogen (secondary N) is 2. The summed E-state index contributed by atoms with van der Waals surface area (Å²) in [5.41, 5.74) is 5.81. The fraction of sp³-hybridized carbons (Fsp3) is 0.440. The van der Waals surface area contributed by atoms with Crippen LogP contribution in [-0.2, 0) is 5.54 Å². The van der Waals surface area contributed by atoms with Gasteiger partial charge in [-0.15, -0.1) is 0 Å². The molecule has 1 aliphatic heterocycles. The van der Waals surface area contributed by atoms with Gasteiger partial charge in [-0.3, -0.25) is 0 Å². The van der Waals surface area contributed by atoms with E-state index in [2.05, 4.69) is 47.2 Å². The van der Waals surface area contributed by atoms with Crippen molar-refractivity contribution in [3.8, 4) is 17.0 Å². The van der Waals surface area contributed by atoms with Crippen LogP contribution in [0.2, 0.25) is 0 Å². The van der Waals surface area contributed by atoms with Crippen molar-refractivity contribution in [2.45, 2.75) is 60.2 Å². The molecule has 2 N–H and O–H groups in total. The number of ether oxygens (including phenoxy) is 1. The number of H-pyrrole nitrogens is 1. The Morgan fingerprint density at radius 1 is 1.14 bits per heavy atom. The van der Waals surface area contributed by atoms with Gasteiger partial charge < -0.3 is 24.5 Å². The standard InChI is InChI=1S/C25H32N8O2/c1-12-10-18(33(30-12)25(5,6)7)32(8)23-20-21-17(28-22(20)26-15(4)27-23)11-16(24(29-21)34-9)19-13(2)31-35-14(19)3/h10-11,15,26,28H,1-9H3. The van der Waals surface area contributed by atoms with E-state index in [9.17, 15) is 0 Å². The molecule has 35 heavy (non-hydrogen) atoms. The van der Waals surface area contributed by atoms with E-state index in [0.29, 0.717) is 5.88 Å². The highest BCUT2D eigenvalue weighted by Gasteiger charge is 2.31. The highest BCUT2D eigenvalue weighted by molar-refractivity contribution is 6.20. The predicted octanol–water partition coefficient (Wildman–Crippen LogP) is 4.76. The van der Waals surface area contributed by atoms with Crippen LogP contribution in [0.3, 0.4) is 0 Å². The molecule has 4 aromatic heterocycles. The Morgan fingerprint density at radius 2 is 1.89 bits per heavy atom. The first-order valence-electron chi connectivity index (χ1n) is 11.7. The van der Waals surface area contributed by atoms with Gasteiger partial charge in [0.25, 0.3) is 0 Å². The van der Waals surface area contributed by atoms with E-state index in [1.54, 1.807) is 7.11 Å². The molecule has 1 atom stereocenters. The number of pyridine rings is 1. The molecule has 0 spiro atoms. The van der Waals surface area contributed by atoms with Crippen LogP contribution in [0.15, 0.2) is 21.6 Å². The maximum absolute atomic E-state index is 5.73. The van der Waals surface area contributed by atoms with Crippen molar-refractivity contribution in [2.75, 3.05) is 24.4 Å². The molecule has 5 heterocycles. The minimum atomic E-state index is -0.190. The molecule has 5 rings (SSSR count). The maximum atomic E-state index is 5.73. The van der Waals surface area contributed by atoms with Gasteiger partial charge in [-0.1, -0.05) is 5.16 Å². The average Bonchev–Trinajstić information content (AvgIpc) is 3.45. The number of aryl methyl sites for hydroxylation is 3. The number of hydrogen-bond donors (Lipinski definition) is 2. The van der Waals surface area contributed by atoms with Gasteiger partial charge in [-0.25, -0.2) is 14.7 Å². The monoisotopic (exact) mass is 476 g/mol. The predicted molar refractivity (Wildman–Crippen MR) is 138 cm³/mol. The third-order valence-corrected chi connectivity index (χ3v) is 6.23. The lowest BCUT2D eigenvalue weighted by molar-refractivity contribution is 0.357. The van der Waals surface area contributed by atoms with Gasteiger partial charge in [0.05, 0.1) is 46.2 Å². The zero-order valence-corrected chi connectivity index (χ0v) is 21.7. The Labute approximate surface area is 204 Å². The molecule has 0 aromatic carbocycles.